The predicted molar refractivity (Wildman–Crippen MR) is 147 cm³/mol. The van der Waals surface area contributed by atoms with E-state index in [0.717, 1.165) is 0 Å². The first-order valence-corrected chi connectivity index (χ1v) is 15.9. The molecule has 0 amide bonds. The topological polar surface area (TPSA) is 153 Å². The summed E-state index contributed by atoms with van der Waals surface area (Å²) in [7, 11) is -3.00. The van der Waals surface area contributed by atoms with Crippen molar-refractivity contribution in [3.63, 3.8) is 0 Å². The summed E-state index contributed by atoms with van der Waals surface area (Å²) in [4.78, 5) is 0.232. The minimum Gasteiger partial charge on any atom is -0.493 e. The van der Waals surface area contributed by atoms with Gasteiger partial charge in [0, 0.05) is 37.8 Å². The molecule has 2 heterocycles. The van der Waals surface area contributed by atoms with Crippen LogP contribution in [0, 0.1) is 0 Å². The molecule has 2 fully saturated rings. The number of nitrogens with zero attached hydrogens (tertiary/aromatic N) is 1. The van der Waals surface area contributed by atoms with Crippen LogP contribution >= 0.6 is 0 Å². The van der Waals surface area contributed by atoms with Crippen LogP contribution < -0.4 is 24.2 Å². The third kappa shape index (κ3) is 6.87. The highest BCUT2D eigenvalue weighted by molar-refractivity contribution is 7.89. The Morgan fingerprint density at radius 1 is 1.05 bits per heavy atom. The highest BCUT2D eigenvalue weighted by Gasteiger charge is 2.44. The van der Waals surface area contributed by atoms with Gasteiger partial charge in [-0.3, -0.25) is 0 Å². The van der Waals surface area contributed by atoms with Crippen LogP contribution in [0.25, 0.3) is 0 Å². The third-order valence-corrected chi connectivity index (χ3v) is 10.6. The fourth-order valence-corrected chi connectivity index (χ4v) is 7.21. The van der Waals surface area contributed by atoms with Crippen LogP contribution in [0.15, 0.2) is 52.3 Å². The Morgan fingerprint density at radius 3 is 2.45 bits per heavy atom. The van der Waals surface area contributed by atoms with Crippen LogP contribution in [0.1, 0.15) is 19.3 Å². The predicted octanol–water partition coefficient (Wildman–Crippen LogP) is 0.954. The number of aliphatic hydroxyl groups excluding tert-OH is 1. The molecule has 1 spiro atoms. The van der Waals surface area contributed by atoms with E-state index < -0.39 is 31.8 Å². The minimum atomic E-state index is -3.70. The SMILES string of the molecule is CNS(=O)(=O)c1cccc(OC[C@@H](O)CNC2COC3(CCN(S(=O)(=O)c4ccc(OC)c(OC)c4)CC3)C2)c1. The van der Waals surface area contributed by atoms with E-state index in [2.05, 4.69) is 10.0 Å². The number of nitrogens with one attached hydrogen (secondary N) is 2. The van der Waals surface area contributed by atoms with Gasteiger partial charge in [-0.25, -0.2) is 21.6 Å². The number of aliphatic hydroxyl groups is 1. The van der Waals surface area contributed by atoms with Gasteiger partial charge in [0.15, 0.2) is 11.5 Å². The number of ether oxygens (including phenoxy) is 4. The molecule has 2 aliphatic rings. The Morgan fingerprint density at radius 2 is 1.77 bits per heavy atom. The molecule has 12 nitrogen and oxygen atoms in total. The smallest absolute Gasteiger partial charge is 0.243 e. The first-order valence-electron chi connectivity index (χ1n) is 13.0. The summed E-state index contributed by atoms with van der Waals surface area (Å²) in [5, 5.41) is 13.7. The summed E-state index contributed by atoms with van der Waals surface area (Å²) in [5.74, 6) is 1.16. The molecule has 2 saturated heterocycles. The van der Waals surface area contributed by atoms with Crippen molar-refractivity contribution in [1.29, 1.82) is 0 Å². The van der Waals surface area contributed by atoms with Crippen molar-refractivity contribution in [2.24, 2.45) is 0 Å². The average Bonchev–Trinajstić information content (AvgIpc) is 3.36. The third-order valence-electron chi connectivity index (χ3n) is 7.30. The average molecular weight is 600 g/mol. The molecule has 2 aromatic carbocycles. The lowest BCUT2D eigenvalue weighted by Crippen LogP contribution is -2.47. The van der Waals surface area contributed by atoms with Gasteiger partial charge in [-0.2, -0.15) is 4.31 Å². The first kappa shape index (κ1) is 30.5. The van der Waals surface area contributed by atoms with Gasteiger partial charge < -0.3 is 29.4 Å². The van der Waals surface area contributed by atoms with Crippen molar-refractivity contribution in [2.45, 2.75) is 46.8 Å². The molecule has 2 aromatic rings. The monoisotopic (exact) mass is 599 g/mol. The maximum Gasteiger partial charge on any atom is 0.243 e. The second kappa shape index (κ2) is 12.6. The minimum absolute atomic E-state index is 0.00718. The maximum atomic E-state index is 13.3. The first-order chi connectivity index (χ1) is 19.0. The number of sulfonamides is 2. The Bertz CT molecular complexity index is 1380. The van der Waals surface area contributed by atoms with Gasteiger partial charge in [0.25, 0.3) is 0 Å². The number of methoxy groups -OCH3 is 2. The van der Waals surface area contributed by atoms with E-state index in [9.17, 15) is 21.9 Å². The van der Waals surface area contributed by atoms with Crippen molar-refractivity contribution in [3.05, 3.63) is 42.5 Å². The van der Waals surface area contributed by atoms with Crippen molar-refractivity contribution in [1.82, 2.24) is 14.3 Å². The molecule has 0 saturated carbocycles. The Labute approximate surface area is 235 Å². The van der Waals surface area contributed by atoms with Crippen LogP contribution in [0.4, 0.5) is 0 Å². The molecule has 40 heavy (non-hydrogen) atoms. The Balaban J connectivity index is 1.25. The van der Waals surface area contributed by atoms with Gasteiger partial charge in [-0.15, -0.1) is 0 Å². The Kier molecular flexibility index (Phi) is 9.60. The van der Waals surface area contributed by atoms with E-state index in [0.29, 0.717) is 56.2 Å². The standard InChI is InChI=1S/C26H37N3O9S2/c1-27-39(31,32)22-6-4-5-21(13-22)37-18-20(30)16-28-19-15-26(38-17-19)9-11-29(12-10-26)40(33,34)23-7-8-24(35-2)25(14-23)36-3/h4-8,13-14,19-20,27-28,30H,9-12,15-18H2,1-3H3/t19?,20-/m0/s1. The number of hydrogen-bond donors (Lipinski definition) is 3. The zero-order valence-electron chi connectivity index (χ0n) is 22.8. The van der Waals surface area contributed by atoms with Crippen molar-refractivity contribution in [2.75, 3.05) is 54.1 Å². The van der Waals surface area contributed by atoms with E-state index in [1.165, 1.54) is 49.8 Å². The lowest BCUT2D eigenvalue weighted by Gasteiger charge is -2.38. The van der Waals surface area contributed by atoms with E-state index in [-0.39, 0.29) is 29.0 Å². The largest absolute Gasteiger partial charge is 0.493 e. The zero-order valence-corrected chi connectivity index (χ0v) is 24.5. The zero-order chi connectivity index (χ0) is 29.0. The molecule has 0 bridgehead atoms. The molecule has 0 radical (unpaired) electrons. The van der Waals surface area contributed by atoms with E-state index in [4.69, 9.17) is 18.9 Å². The van der Waals surface area contributed by atoms with Crippen molar-refractivity contribution in [3.8, 4) is 17.2 Å². The Hall–Kier alpha value is -2.46. The number of piperidine rings is 1. The molecule has 0 aliphatic carbocycles. The van der Waals surface area contributed by atoms with Crippen LogP contribution in [-0.4, -0.2) is 98.1 Å². The summed E-state index contributed by atoms with van der Waals surface area (Å²) < 4.78 is 76.4. The second-order valence-electron chi connectivity index (χ2n) is 9.87. The fourth-order valence-electron chi connectivity index (χ4n) is 4.99. The molecule has 2 aliphatic heterocycles. The molecular formula is C26H37N3O9S2. The van der Waals surface area contributed by atoms with Gasteiger partial charge in [-0.1, -0.05) is 6.07 Å². The molecule has 3 N–H and O–H groups in total. The van der Waals surface area contributed by atoms with Crippen LogP contribution in [0.2, 0.25) is 0 Å². The highest BCUT2D eigenvalue weighted by atomic mass is 32.2. The van der Waals surface area contributed by atoms with Crippen LogP contribution in [0.3, 0.4) is 0 Å². The maximum absolute atomic E-state index is 13.3. The fraction of sp³-hybridized carbons (Fsp3) is 0.538. The van der Waals surface area contributed by atoms with E-state index >= 15 is 0 Å². The second-order valence-corrected chi connectivity index (χ2v) is 13.7. The van der Waals surface area contributed by atoms with Gasteiger partial charge in [0.1, 0.15) is 18.5 Å². The summed E-state index contributed by atoms with van der Waals surface area (Å²) >= 11 is 0. The van der Waals surface area contributed by atoms with Gasteiger partial charge in [0.2, 0.25) is 20.0 Å². The number of hydrogen-bond acceptors (Lipinski definition) is 10. The van der Waals surface area contributed by atoms with E-state index in [1.54, 1.807) is 18.2 Å². The number of rotatable bonds is 12. The number of benzene rings is 2. The molecule has 2 atom stereocenters. The molecule has 4 rings (SSSR count). The lowest BCUT2D eigenvalue weighted by atomic mass is 9.88. The molecule has 0 aromatic heterocycles. The van der Waals surface area contributed by atoms with Crippen molar-refractivity contribution >= 4 is 20.0 Å². The normalized spacial score (nSPS) is 20.4. The van der Waals surface area contributed by atoms with Gasteiger partial charge in [0.05, 0.1) is 36.2 Å². The molecule has 14 heteroatoms. The van der Waals surface area contributed by atoms with Gasteiger partial charge in [-0.05, 0) is 50.6 Å². The van der Waals surface area contributed by atoms with Gasteiger partial charge >= 0.3 is 0 Å². The van der Waals surface area contributed by atoms with Crippen LogP contribution in [-0.2, 0) is 24.8 Å². The summed E-state index contributed by atoms with van der Waals surface area (Å²) in [6, 6.07) is 10.6. The molecule has 222 valence electrons. The highest BCUT2D eigenvalue weighted by Crippen LogP contribution is 2.38. The molecular weight excluding hydrogens is 562 g/mol. The summed E-state index contributed by atoms with van der Waals surface area (Å²) in [6.45, 7) is 1.38. The quantitative estimate of drug-likeness (QED) is 0.322. The lowest BCUT2D eigenvalue weighted by molar-refractivity contribution is -0.0312. The summed E-state index contributed by atoms with van der Waals surface area (Å²) in [6.07, 6.45) is 1.01. The van der Waals surface area contributed by atoms with E-state index in [1.807, 2.05) is 0 Å². The summed E-state index contributed by atoms with van der Waals surface area (Å²) in [5.41, 5.74) is -0.415. The van der Waals surface area contributed by atoms with Crippen molar-refractivity contribution < 1.29 is 40.9 Å². The van der Waals surface area contributed by atoms with Crippen LogP contribution in [0.5, 0.6) is 17.2 Å². The molecule has 1 unspecified atom stereocenters.